The Hall–Kier alpha value is -1.80. The van der Waals surface area contributed by atoms with Crippen molar-refractivity contribution in [2.75, 3.05) is 14.1 Å². The molecule has 1 aromatic carbocycles. The van der Waals surface area contributed by atoms with E-state index < -0.39 is 27.6 Å². The Labute approximate surface area is 99.5 Å². The molecule has 1 unspecified atom stereocenters. The van der Waals surface area contributed by atoms with Crippen molar-refractivity contribution in [1.82, 2.24) is 4.90 Å². The summed E-state index contributed by atoms with van der Waals surface area (Å²) in [7, 11) is 2.93. The van der Waals surface area contributed by atoms with Crippen molar-refractivity contribution in [1.29, 1.82) is 0 Å². The first kappa shape index (κ1) is 13.3. The van der Waals surface area contributed by atoms with Crippen molar-refractivity contribution in [2.24, 2.45) is 0 Å². The van der Waals surface area contributed by atoms with Gasteiger partial charge in [-0.2, -0.15) is 0 Å². The summed E-state index contributed by atoms with van der Waals surface area (Å²) in [4.78, 5) is 22.4. The molecule has 17 heavy (non-hydrogen) atoms. The van der Waals surface area contributed by atoms with E-state index >= 15 is 0 Å². The highest BCUT2D eigenvalue weighted by Gasteiger charge is 2.15. The van der Waals surface area contributed by atoms with E-state index in [1.807, 2.05) is 0 Å². The first-order valence-electron chi connectivity index (χ1n) is 4.43. The normalized spacial score (nSPS) is 11.9. The molecular formula is C9H9N2O5S-. The molecule has 0 radical (unpaired) electrons. The van der Waals surface area contributed by atoms with Crippen LogP contribution < -0.4 is 0 Å². The number of nitrogens with zero attached hydrogens (tertiary/aromatic N) is 2. The van der Waals surface area contributed by atoms with Gasteiger partial charge in [-0.05, 0) is 17.1 Å². The minimum Gasteiger partial charge on any atom is -0.768 e. The molecule has 8 heteroatoms. The predicted octanol–water partition coefficient (Wildman–Crippen LogP) is 0.535. The second-order valence-corrected chi connectivity index (χ2v) is 4.35. The van der Waals surface area contributed by atoms with Gasteiger partial charge in [0.15, 0.2) is 0 Å². The Kier molecular flexibility index (Phi) is 3.92. The Bertz CT molecular complexity index is 468. The Balaban J connectivity index is 3.36. The number of benzene rings is 1. The molecule has 0 saturated carbocycles. The van der Waals surface area contributed by atoms with E-state index in [1.165, 1.54) is 19.0 Å². The maximum atomic E-state index is 11.6. The van der Waals surface area contributed by atoms with E-state index in [1.54, 1.807) is 0 Å². The zero-order valence-electron chi connectivity index (χ0n) is 9.08. The molecule has 0 N–H and O–H groups in total. The molecule has 0 fully saturated rings. The first-order valence-corrected chi connectivity index (χ1v) is 5.51. The molecule has 1 amide bonds. The van der Waals surface area contributed by atoms with Crippen LogP contribution in [-0.4, -0.2) is 38.6 Å². The van der Waals surface area contributed by atoms with Crippen molar-refractivity contribution < 1.29 is 18.5 Å². The van der Waals surface area contributed by atoms with Crippen molar-refractivity contribution in [3.63, 3.8) is 0 Å². The lowest BCUT2D eigenvalue weighted by Gasteiger charge is -2.12. The van der Waals surface area contributed by atoms with Crippen molar-refractivity contribution in [3.05, 3.63) is 33.9 Å². The Morgan fingerprint density at radius 1 is 1.35 bits per heavy atom. The summed E-state index contributed by atoms with van der Waals surface area (Å²) in [6.07, 6.45) is 0. The molecule has 0 heterocycles. The summed E-state index contributed by atoms with van der Waals surface area (Å²) in [5.41, 5.74) is -0.472. The summed E-state index contributed by atoms with van der Waals surface area (Å²) in [6.45, 7) is 0. The van der Waals surface area contributed by atoms with Gasteiger partial charge < -0.3 is 9.45 Å². The van der Waals surface area contributed by atoms with Crippen molar-refractivity contribution >= 4 is 22.7 Å². The van der Waals surface area contributed by atoms with Gasteiger partial charge in [0.05, 0.1) is 4.92 Å². The van der Waals surface area contributed by atoms with Gasteiger partial charge in [-0.25, -0.2) is 0 Å². The van der Waals surface area contributed by atoms with Crippen LogP contribution in [-0.2, 0) is 11.1 Å². The third kappa shape index (κ3) is 3.08. The van der Waals surface area contributed by atoms with Gasteiger partial charge in [0.2, 0.25) is 0 Å². The van der Waals surface area contributed by atoms with Crippen LogP contribution in [0.4, 0.5) is 5.69 Å². The van der Waals surface area contributed by atoms with Crippen molar-refractivity contribution in [2.45, 2.75) is 4.90 Å². The van der Waals surface area contributed by atoms with Crippen LogP contribution in [0.1, 0.15) is 10.4 Å². The smallest absolute Gasteiger partial charge is 0.271 e. The van der Waals surface area contributed by atoms with Crippen molar-refractivity contribution in [3.8, 4) is 0 Å². The molecule has 92 valence electrons. The summed E-state index contributed by atoms with van der Waals surface area (Å²) in [6, 6.07) is 3.03. The maximum absolute atomic E-state index is 11.6. The molecule has 0 aliphatic carbocycles. The third-order valence-corrected chi connectivity index (χ3v) is 2.57. The monoisotopic (exact) mass is 257 g/mol. The van der Waals surface area contributed by atoms with Gasteiger partial charge in [-0.3, -0.25) is 19.1 Å². The van der Waals surface area contributed by atoms with Crippen LogP contribution in [0.3, 0.4) is 0 Å². The van der Waals surface area contributed by atoms with Crippen LogP contribution in [0.2, 0.25) is 0 Å². The molecule has 1 aromatic rings. The number of nitro groups is 1. The van der Waals surface area contributed by atoms with Gasteiger partial charge in [0.1, 0.15) is 0 Å². The summed E-state index contributed by atoms with van der Waals surface area (Å²) >= 11 is -2.62. The summed E-state index contributed by atoms with van der Waals surface area (Å²) < 4.78 is 21.5. The Morgan fingerprint density at radius 2 is 1.94 bits per heavy atom. The fourth-order valence-corrected chi connectivity index (χ4v) is 1.61. The SMILES string of the molecule is CN(C)C(=O)c1cc([N+](=O)[O-])cc(S(=O)[O-])c1. The van der Waals surface area contributed by atoms with E-state index in [-0.39, 0.29) is 10.5 Å². The van der Waals surface area contributed by atoms with Gasteiger partial charge in [0.25, 0.3) is 11.6 Å². The topological polar surface area (TPSA) is 104 Å². The third-order valence-electron chi connectivity index (χ3n) is 1.95. The molecule has 0 bridgehead atoms. The van der Waals surface area contributed by atoms with Crippen LogP contribution >= 0.6 is 0 Å². The average Bonchev–Trinajstić information content (AvgIpc) is 2.27. The van der Waals surface area contributed by atoms with Gasteiger partial charge in [0, 0.05) is 36.7 Å². The standard InChI is InChI=1S/C9H10N2O5S/c1-10(2)9(12)6-3-7(11(13)14)5-8(4-6)17(15)16/h3-5H,1-2H3,(H,15,16)/p-1. The summed E-state index contributed by atoms with van der Waals surface area (Å²) in [5, 5.41) is 10.6. The lowest BCUT2D eigenvalue weighted by atomic mass is 10.2. The second kappa shape index (κ2) is 5.02. The largest absolute Gasteiger partial charge is 0.768 e. The molecule has 0 aliphatic rings. The highest BCUT2D eigenvalue weighted by atomic mass is 32.2. The number of rotatable bonds is 3. The number of amides is 1. The summed E-state index contributed by atoms with van der Waals surface area (Å²) in [5.74, 6) is -0.500. The number of carbonyl (C=O) groups excluding carboxylic acids is 1. The van der Waals surface area contributed by atoms with Crippen LogP contribution in [0.5, 0.6) is 0 Å². The molecule has 1 rings (SSSR count). The fraction of sp³-hybridized carbons (Fsp3) is 0.222. The molecule has 7 nitrogen and oxygen atoms in total. The van der Waals surface area contributed by atoms with Gasteiger partial charge in [-0.1, -0.05) is 0 Å². The van der Waals surface area contributed by atoms with E-state index in [0.717, 1.165) is 18.2 Å². The molecule has 0 aliphatic heterocycles. The minimum absolute atomic E-state index is 0.0385. The number of non-ortho nitro benzene ring substituents is 1. The van der Waals surface area contributed by atoms with E-state index in [4.69, 9.17) is 0 Å². The minimum atomic E-state index is -2.62. The number of hydrogen-bond acceptors (Lipinski definition) is 5. The van der Waals surface area contributed by atoms with Gasteiger partial charge >= 0.3 is 0 Å². The zero-order valence-corrected chi connectivity index (χ0v) is 9.89. The Morgan fingerprint density at radius 3 is 2.35 bits per heavy atom. The first-order chi connectivity index (χ1) is 7.82. The molecule has 0 saturated heterocycles. The van der Waals surface area contributed by atoms with Crippen LogP contribution in [0, 0.1) is 10.1 Å². The number of nitro benzene ring substituents is 1. The molecule has 0 aromatic heterocycles. The van der Waals surface area contributed by atoms with Gasteiger partial charge in [-0.15, -0.1) is 0 Å². The second-order valence-electron chi connectivity index (χ2n) is 3.41. The lowest BCUT2D eigenvalue weighted by Crippen LogP contribution is -2.22. The highest BCUT2D eigenvalue weighted by molar-refractivity contribution is 7.79. The molecule has 1 atom stereocenters. The predicted molar refractivity (Wildman–Crippen MR) is 58.3 cm³/mol. The molecule has 0 spiro atoms. The fourth-order valence-electron chi connectivity index (χ4n) is 1.17. The average molecular weight is 257 g/mol. The number of hydrogen-bond donors (Lipinski definition) is 0. The van der Waals surface area contributed by atoms with E-state index in [0.29, 0.717) is 0 Å². The van der Waals surface area contributed by atoms with E-state index in [2.05, 4.69) is 0 Å². The quantitative estimate of drug-likeness (QED) is 0.446. The maximum Gasteiger partial charge on any atom is 0.271 e. The number of carbonyl (C=O) groups is 1. The molecular weight excluding hydrogens is 248 g/mol. The van der Waals surface area contributed by atoms with Crippen LogP contribution in [0.25, 0.3) is 0 Å². The zero-order chi connectivity index (χ0) is 13.2. The lowest BCUT2D eigenvalue weighted by molar-refractivity contribution is -0.385. The van der Waals surface area contributed by atoms with Crippen LogP contribution in [0.15, 0.2) is 23.1 Å². The highest BCUT2D eigenvalue weighted by Crippen LogP contribution is 2.20. The van der Waals surface area contributed by atoms with E-state index in [9.17, 15) is 23.7 Å².